The fourth-order valence-corrected chi connectivity index (χ4v) is 2.27. The first-order valence-corrected chi connectivity index (χ1v) is 7.39. The van der Waals surface area contributed by atoms with Gasteiger partial charge in [-0.2, -0.15) is 0 Å². The fourth-order valence-electron chi connectivity index (χ4n) is 2.27. The van der Waals surface area contributed by atoms with Crippen LogP contribution < -0.4 is 10.6 Å². The lowest BCUT2D eigenvalue weighted by Gasteiger charge is -2.27. The summed E-state index contributed by atoms with van der Waals surface area (Å²) in [6.07, 6.45) is 2.21. The Morgan fingerprint density at radius 1 is 1.33 bits per heavy atom. The fraction of sp³-hybridized carbons (Fsp3) is 0.375. The third-order valence-electron chi connectivity index (χ3n) is 3.71. The Bertz CT molecular complexity index is 662. The van der Waals surface area contributed by atoms with E-state index in [9.17, 15) is 9.18 Å². The van der Waals surface area contributed by atoms with Crippen LogP contribution >= 0.6 is 24.8 Å². The van der Waals surface area contributed by atoms with Gasteiger partial charge in [-0.25, -0.2) is 9.37 Å². The Balaban J connectivity index is 0.00000144. The average Bonchev–Trinajstić information content (AvgIpc) is 2.93. The van der Waals surface area contributed by atoms with E-state index in [-0.39, 0.29) is 36.5 Å². The number of amides is 1. The van der Waals surface area contributed by atoms with Crippen molar-refractivity contribution in [2.75, 3.05) is 19.6 Å². The molecular weight excluding hydrogens is 356 g/mol. The van der Waals surface area contributed by atoms with Gasteiger partial charge in [-0.15, -0.1) is 24.8 Å². The van der Waals surface area contributed by atoms with Crippen molar-refractivity contribution in [3.63, 3.8) is 0 Å². The van der Waals surface area contributed by atoms with Crippen molar-refractivity contribution in [1.29, 1.82) is 0 Å². The van der Waals surface area contributed by atoms with E-state index in [0.29, 0.717) is 42.5 Å². The number of benzene rings is 1. The van der Waals surface area contributed by atoms with Crippen molar-refractivity contribution in [1.82, 2.24) is 15.6 Å². The molecule has 1 amide bonds. The van der Waals surface area contributed by atoms with Gasteiger partial charge in [-0.05, 0) is 12.1 Å². The maximum absolute atomic E-state index is 13.7. The first kappa shape index (κ1) is 20.4. The van der Waals surface area contributed by atoms with E-state index >= 15 is 0 Å². The number of aryl methyl sites for hydroxylation is 1. The van der Waals surface area contributed by atoms with Gasteiger partial charge in [0.25, 0.3) is 0 Å². The van der Waals surface area contributed by atoms with Crippen molar-refractivity contribution >= 4 is 30.7 Å². The molecule has 2 heterocycles. The van der Waals surface area contributed by atoms with Gasteiger partial charge < -0.3 is 15.1 Å². The Kier molecular flexibility index (Phi) is 8.18. The van der Waals surface area contributed by atoms with E-state index in [1.165, 1.54) is 12.3 Å². The van der Waals surface area contributed by atoms with E-state index in [1.54, 1.807) is 18.2 Å². The van der Waals surface area contributed by atoms with Gasteiger partial charge in [0.05, 0.1) is 11.8 Å². The number of hydrogen-bond donors (Lipinski definition) is 2. The molecule has 1 aliphatic heterocycles. The van der Waals surface area contributed by atoms with Crippen LogP contribution in [-0.4, -0.2) is 30.5 Å². The summed E-state index contributed by atoms with van der Waals surface area (Å²) in [5.74, 6) is 1.00. The molecule has 0 bridgehead atoms. The molecule has 3 rings (SSSR count). The lowest BCUT2D eigenvalue weighted by atomic mass is 10.0. The molecular formula is C16H20Cl2FN3O2. The van der Waals surface area contributed by atoms with Crippen LogP contribution in [0, 0.1) is 11.7 Å². The highest BCUT2D eigenvalue weighted by atomic mass is 35.5. The Hall–Kier alpha value is -1.63. The molecule has 0 atom stereocenters. The second kappa shape index (κ2) is 9.61. The van der Waals surface area contributed by atoms with Gasteiger partial charge in [-0.1, -0.05) is 12.1 Å². The number of carbonyl (C=O) groups is 1. The van der Waals surface area contributed by atoms with Crippen molar-refractivity contribution in [2.24, 2.45) is 5.92 Å². The number of oxazole rings is 1. The first-order chi connectivity index (χ1) is 10.7. The summed E-state index contributed by atoms with van der Waals surface area (Å²) < 4.78 is 19.2. The predicted molar refractivity (Wildman–Crippen MR) is 94.1 cm³/mol. The van der Waals surface area contributed by atoms with Gasteiger partial charge in [-0.3, -0.25) is 4.79 Å². The monoisotopic (exact) mass is 375 g/mol. The highest BCUT2D eigenvalue weighted by Crippen LogP contribution is 2.23. The molecule has 1 saturated heterocycles. The normalized spacial score (nSPS) is 13.4. The maximum Gasteiger partial charge on any atom is 0.220 e. The van der Waals surface area contributed by atoms with Crippen molar-refractivity contribution in [2.45, 2.75) is 12.8 Å². The topological polar surface area (TPSA) is 67.2 Å². The molecule has 1 aromatic carbocycles. The molecule has 2 aromatic rings. The summed E-state index contributed by atoms with van der Waals surface area (Å²) in [5, 5.41) is 6.05. The smallest absolute Gasteiger partial charge is 0.220 e. The van der Waals surface area contributed by atoms with Gasteiger partial charge in [0.1, 0.15) is 5.82 Å². The summed E-state index contributed by atoms with van der Waals surface area (Å²) in [5.41, 5.74) is 0.378. The standard InChI is InChI=1S/C16H18FN3O2.2ClH/c17-13-4-2-1-3-12(13)14-10-20-16(22-14)6-5-15(21)19-9-11-7-18-8-11;;/h1-4,10-11,18H,5-9H2,(H,19,21);2*1H. The number of rotatable bonds is 6. The minimum atomic E-state index is -0.350. The Morgan fingerprint density at radius 3 is 2.75 bits per heavy atom. The van der Waals surface area contributed by atoms with Gasteiger partial charge in [0.15, 0.2) is 11.7 Å². The highest BCUT2D eigenvalue weighted by Gasteiger charge is 2.17. The largest absolute Gasteiger partial charge is 0.441 e. The zero-order chi connectivity index (χ0) is 15.4. The van der Waals surface area contributed by atoms with Crippen molar-refractivity contribution in [3.05, 3.63) is 42.2 Å². The Morgan fingerprint density at radius 2 is 2.08 bits per heavy atom. The summed E-state index contributed by atoms with van der Waals surface area (Å²) in [7, 11) is 0. The molecule has 5 nitrogen and oxygen atoms in total. The minimum absolute atomic E-state index is 0. The predicted octanol–water partition coefficient (Wildman–Crippen LogP) is 2.59. The molecule has 1 aliphatic rings. The zero-order valence-corrected chi connectivity index (χ0v) is 14.6. The number of nitrogens with one attached hydrogen (secondary N) is 2. The Labute approximate surface area is 152 Å². The molecule has 0 saturated carbocycles. The highest BCUT2D eigenvalue weighted by molar-refractivity contribution is 5.85. The molecule has 0 spiro atoms. The number of carbonyl (C=O) groups excluding carboxylic acids is 1. The van der Waals surface area contributed by atoms with Crippen molar-refractivity contribution in [3.8, 4) is 11.3 Å². The number of halogens is 3. The zero-order valence-electron chi connectivity index (χ0n) is 13.0. The second-order valence-electron chi connectivity index (χ2n) is 5.43. The van der Waals surface area contributed by atoms with Crippen LogP contribution in [0.4, 0.5) is 4.39 Å². The molecule has 0 unspecified atom stereocenters. The SMILES string of the molecule is Cl.Cl.O=C(CCc1ncc(-c2ccccc2F)o1)NCC1CNC1. The second-order valence-corrected chi connectivity index (χ2v) is 5.43. The van der Waals surface area contributed by atoms with Crippen LogP contribution in [-0.2, 0) is 11.2 Å². The molecule has 0 radical (unpaired) electrons. The molecule has 2 N–H and O–H groups in total. The molecule has 1 fully saturated rings. The molecule has 1 aromatic heterocycles. The van der Waals surface area contributed by atoms with Gasteiger partial charge >= 0.3 is 0 Å². The summed E-state index contributed by atoms with van der Waals surface area (Å²) >= 11 is 0. The van der Waals surface area contributed by atoms with E-state index in [4.69, 9.17) is 4.42 Å². The number of hydrogen-bond acceptors (Lipinski definition) is 4. The van der Waals surface area contributed by atoms with Crippen LogP contribution in [0.25, 0.3) is 11.3 Å². The van der Waals surface area contributed by atoms with E-state index in [2.05, 4.69) is 15.6 Å². The van der Waals surface area contributed by atoms with Crippen LogP contribution in [0.15, 0.2) is 34.9 Å². The van der Waals surface area contributed by atoms with Crippen LogP contribution in [0.2, 0.25) is 0 Å². The first-order valence-electron chi connectivity index (χ1n) is 7.39. The summed E-state index contributed by atoms with van der Waals surface area (Å²) in [6, 6.07) is 6.38. The van der Waals surface area contributed by atoms with E-state index < -0.39 is 0 Å². The third-order valence-corrected chi connectivity index (χ3v) is 3.71. The lowest BCUT2D eigenvalue weighted by Crippen LogP contribution is -2.48. The molecule has 0 aliphatic carbocycles. The van der Waals surface area contributed by atoms with Crippen LogP contribution in [0.5, 0.6) is 0 Å². The lowest BCUT2D eigenvalue weighted by molar-refractivity contribution is -0.121. The van der Waals surface area contributed by atoms with Crippen LogP contribution in [0.3, 0.4) is 0 Å². The third kappa shape index (κ3) is 5.19. The van der Waals surface area contributed by atoms with Crippen LogP contribution in [0.1, 0.15) is 12.3 Å². The average molecular weight is 376 g/mol. The van der Waals surface area contributed by atoms with Gasteiger partial charge in [0, 0.05) is 38.4 Å². The quantitative estimate of drug-likeness (QED) is 0.814. The van der Waals surface area contributed by atoms with E-state index in [1.807, 2.05) is 0 Å². The van der Waals surface area contributed by atoms with Gasteiger partial charge in [0.2, 0.25) is 5.91 Å². The summed E-state index contributed by atoms with van der Waals surface area (Å²) in [6.45, 7) is 2.63. The molecule has 24 heavy (non-hydrogen) atoms. The number of aromatic nitrogens is 1. The molecule has 8 heteroatoms. The van der Waals surface area contributed by atoms with Crippen molar-refractivity contribution < 1.29 is 13.6 Å². The summed E-state index contributed by atoms with van der Waals surface area (Å²) in [4.78, 5) is 15.8. The molecule has 132 valence electrons. The minimum Gasteiger partial charge on any atom is -0.441 e. The maximum atomic E-state index is 13.7. The van der Waals surface area contributed by atoms with E-state index in [0.717, 1.165) is 13.1 Å². The number of nitrogens with zero attached hydrogens (tertiary/aromatic N) is 1.